The number of carbonyl (C=O) groups is 1. The van der Waals surface area contributed by atoms with Crippen molar-refractivity contribution in [3.63, 3.8) is 0 Å². The second-order valence-corrected chi connectivity index (χ2v) is 10.5. The number of thiophene rings is 1. The number of hydrogen-bond donors (Lipinski definition) is 1. The Hall–Kier alpha value is -2.33. The van der Waals surface area contributed by atoms with Gasteiger partial charge < -0.3 is 15.1 Å². The molecule has 7 nitrogen and oxygen atoms in total. The largest absolute Gasteiger partial charge is 0.376 e. The summed E-state index contributed by atoms with van der Waals surface area (Å²) >= 11 is 9.38. The summed E-state index contributed by atoms with van der Waals surface area (Å²) in [5, 5.41) is 10.5. The van der Waals surface area contributed by atoms with E-state index in [1.165, 1.54) is 27.8 Å². The molecule has 0 aliphatic carbocycles. The van der Waals surface area contributed by atoms with E-state index in [4.69, 9.17) is 22.2 Å². The van der Waals surface area contributed by atoms with E-state index in [9.17, 15) is 4.79 Å². The molecule has 2 N–H and O–H groups in total. The van der Waals surface area contributed by atoms with Gasteiger partial charge in [0.2, 0.25) is 5.16 Å². The third-order valence-electron chi connectivity index (χ3n) is 6.02. The number of fused-ring (bicyclic) bond motifs is 1. The zero-order valence-corrected chi connectivity index (χ0v) is 20.8. The van der Waals surface area contributed by atoms with Crippen LogP contribution in [0.1, 0.15) is 34.6 Å². The Morgan fingerprint density at radius 1 is 1.33 bits per heavy atom. The second kappa shape index (κ2) is 9.13. The highest BCUT2D eigenvalue weighted by Crippen LogP contribution is 2.41. The molecule has 33 heavy (non-hydrogen) atoms. The summed E-state index contributed by atoms with van der Waals surface area (Å²) in [5.74, 6) is 7.04. The summed E-state index contributed by atoms with van der Waals surface area (Å²) in [6.45, 7) is 5.63. The molecular weight excluding hydrogens is 478 g/mol. The van der Waals surface area contributed by atoms with E-state index in [2.05, 4.69) is 14.8 Å². The molecular formula is C23H24ClN5O2S2. The van der Waals surface area contributed by atoms with Crippen molar-refractivity contribution in [3.8, 4) is 10.7 Å². The number of rotatable bonds is 7. The van der Waals surface area contributed by atoms with Gasteiger partial charge in [-0.15, -0.1) is 21.5 Å². The molecule has 1 atom stereocenters. The Morgan fingerprint density at radius 2 is 2.15 bits per heavy atom. The average Bonchev–Trinajstić information content (AvgIpc) is 3.58. The number of hydrogen-bond acceptors (Lipinski definition) is 7. The Kier molecular flexibility index (Phi) is 6.22. The van der Waals surface area contributed by atoms with Gasteiger partial charge >= 0.3 is 0 Å². The number of nitrogen functional groups attached to an aromatic ring is 1. The minimum absolute atomic E-state index is 0.0381. The van der Waals surface area contributed by atoms with Crippen LogP contribution in [-0.2, 0) is 11.3 Å². The van der Waals surface area contributed by atoms with Gasteiger partial charge in [0.15, 0.2) is 11.6 Å². The van der Waals surface area contributed by atoms with Crippen molar-refractivity contribution in [3.05, 3.63) is 52.3 Å². The number of benzene rings is 1. The minimum atomic E-state index is 0.0381. The van der Waals surface area contributed by atoms with Crippen molar-refractivity contribution in [1.29, 1.82) is 0 Å². The van der Waals surface area contributed by atoms with Crippen LogP contribution in [-0.4, -0.2) is 43.7 Å². The molecule has 4 heterocycles. The average molecular weight is 502 g/mol. The van der Waals surface area contributed by atoms with Crippen molar-refractivity contribution in [2.45, 2.75) is 44.5 Å². The molecule has 0 spiro atoms. The van der Waals surface area contributed by atoms with Crippen LogP contribution in [0.2, 0.25) is 5.02 Å². The number of aryl methyl sites for hydroxylation is 1. The number of aromatic nitrogens is 4. The molecule has 3 aromatic heterocycles. The number of Topliss-reactive ketones (excluding diaryl/α,β-unsaturated/α-hetero) is 1. The topological polar surface area (TPSA) is 88.0 Å². The van der Waals surface area contributed by atoms with Crippen LogP contribution in [0.4, 0.5) is 0 Å². The van der Waals surface area contributed by atoms with E-state index in [1.807, 2.05) is 44.2 Å². The van der Waals surface area contributed by atoms with Gasteiger partial charge in [-0.2, -0.15) is 0 Å². The first kappa shape index (κ1) is 22.5. The fraction of sp³-hybridized carbons (Fsp3) is 0.348. The Morgan fingerprint density at radius 3 is 2.91 bits per heavy atom. The first-order chi connectivity index (χ1) is 15.9. The maximum absolute atomic E-state index is 13.0. The van der Waals surface area contributed by atoms with Crippen molar-refractivity contribution in [2.75, 3.05) is 18.2 Å². The van der Waals surface area contributed by atoms with Gasteiger partial charge in [0.1, 0.15) is 0 Å². The SMILES string of the molecule is Cc1cc(C(=O)CSc2nnc(-c3sc4ccccc4c3Cl)n2N)c(C)n1C[C@H]1CCCO1. The van der Waals surface area contributed by atoms with E-state index < -0.39 is 0 Å². The molecule has 1 aliphatic heterocycles. The maximum atomic E-state index is 13.0. The Bertz CT molecular complexity index is 1340. The number of carbonyl (C=O) groups excluding carboxylic acids is 1. The van der Waals surface area contributed by atoms with Gasteiger partial charge in [-0.1, -0.05) is 41.6 Å². The van der Waals surface area contributed by atoms with Gasteiger partial charge in [-0.25, -0.2) is 4.68 Å². The zero-order chi connectivity index (χ0) is 23.1. The molecule has 0 radical (unpaired) electrons. The number of ketones is 1. The highest BCUT2D eigenvalue weighted by Gasteiger charge is 2.23. The molecule has 5 rings (SSSR count). The molecule has 0 saturated carbocycles. The number of ether oxygens (including phenoxy) is 1. The van der Waals surface area contributed by atoms with Crippen LogP contribution >= 0.6 is 34.7 Å². The quantitative estimate of drug-likeness (QED) is 0.215. The summed E-state index contributed by atoms with van der Waals surface area (Å²) in [5.41, 5.74) is 2.77. The number of thioether (sulfide) groups is 1. The lowest BCUT2D eigenvalue weighted by Crippen LogP contribution is -2.17. The van der Waals surface area contributed by atoms with Crippen LogP contribution in [0.15, 0.2) is 35.5 Å². The summed E-state index contributed by atoms with van der Waals surface area (Å²) in [7, 11) is 0. The second-order valence-electron chi connectivity index (χ2n) is 8.16. The number of nitrogens with two attached hydrogens (primary N) is 1. The number of halogens is 1. The third kappa shape index (κ3) is 4.19. The van der Waals surface area contributed by atoms with Gasteiger partial charge in [0, 0.05) is 40.2 Å². The van der Waals surface area contributed by atoms with Crippen LogP contribution in [0.25, 0.3) is 20.8 Å². The van der Waals surface area contributed by atoms with E-state index in [0.29, 0.717) is 16.0 Å². The smallest absolute Gasteiger partial charge is 0.210 e. The molecule has 172 valence electrons. The summed E-state index contributed by atoms with van der Waals surface area (Å²) in [6, 6.07) is 9.86. The van der Waals surface area contributed by atoms with Crippen molar-refractivity contribution < 1.29 is 9.53 Å². The van der Waals surface area contributed by atoms with Gasteiger partial charge in [0.25, 0.3) is 0 Å². The van der Waals surface area contributed by atoms with Crippen LogP contribution < -0.4 is 5.84 Å². The van der Waals surface area contributed by atoms with Gasteiger partial charge in [-0.3, -0.25) is 4.79 Å². The highest BCUT2D eigenvalue weighted by atomic mass is 35.5. The molecule has 1 aliphatic rings. The standard InChI is InChI=1S/C23H24ClN5O2S2/c1-13-10-17(14(2)28(13)11-15-6-5-9-31-15)18(30)12-32-23-27-26-22(29(23)25)21-20(24)16-7-3-4-8-19(16)33-21/h3-4,7-8,10,15H,5-6,9,11-12,25H2,1-2H3/t15-/m1/s1. The van der Waals surface area contributed by atoms with Gasteiger partial charge in [0.05, 0.1) is 21.8 Å². The molecule has 1 fully saturated rings. The minimum Gasteiger partial charge on any atom is -0.376 e. The van der Waals surface area contributed by atoms with Crippen molar-refractivity contribution in [2.24, 2.45) is 0 Å². The van der Waals surface area contributed by atoms with E-state index >= 15 is 0 Å². The maximum Gasteiger partial charge on any atom is 0.210 e. The fourth-order valence-corrected chi connectivity index (χ4v) is 6.49. The van der Waals surface area contributed by atoms with E-state index in [0.717, 1.165) is 57.9 Å². The molecule has 0 amide bonds. The monoisotopic (exact) mass is 501 g/mol. The summed E-state index contributed by atoms with van der Waals surface area (Å²) in [6.07, 6.45) is 2.39. The van der Waals surface area contributed by atoms with Gasteiger partial charge in [-0.05, 0) is 38.8 Å². The predicted octanol–water partition coefficient (Wildman–Crippen LogP) is 5.10. The van der Waals surface area contributed by atoms with Crippen molar-refractivity contribution in [1.82, 2.24) is 19.4 Å². The molecule has 10 heteroatoms. The third-order valence-corrected chi connectivity index (χ3v) is 8.63. The van der Waals surface area contributed by atoms with Crippen LogP contribution in [0.3, 0.4) is 0 Å². The molecule has 1 aromatic carbocycles. The molecule has 4 aromatic rings. The first-order valence-corrected chi connectivity index (χ1v) is 12.9. The number of nitrogens with zero attached hydrogens (tertiary/aromatic N) is 4. The van der Waals surface area contributed by atoms with Crippen LogP contribution in [0, 0.1) is 13.8 Å². The molecule has 0 unspecified atom stereocenters. The Balaban J connectivity index is 1.32. The normalized spacial score (nSPS) is 16.2. The highest BCUT2D eigenvalue weighted by molar-refractivity contribution is 7.99. The first-order valence-electron chi connectivity index (χ1n) is 10.8. The van der Waals surface area contributed by atoms with E-state index in [1.54, 1.807) is 0 Å². The lowest BCUT2D eigenvalue weighted by molar-refractivity contribution is 0.0957. The molecule has 0 bridgehead atoms. The summed E-state index contributed by atoms with van der Waals surface area (Å²) in [4.78, 5) is 13.8. The summed E-state index contributed by atoms with van der Waals surface area (Å²) < 4.78 is 10.4. The lowest BCUT2D eigenvalue weighted by atomic mass is 10.2. The van der Waals surface area contributed by atoms with E-state index in [-0.39, 0.29) is 17.6 Å². The lowest BCUT2D eigenvalue weighted by Gasteiger charge is -2.14. The van der Waals surface area contributed by atoms with Crippen molar-refractivity contribution >= 4 is 50.6 Å². The zero-order valence-electron chi connectivity index (χ0n) is 18.4. The molecule has 1 saturated heterocycles. The fourth-order valence-electron chi connectivity index (χ4n) is 4.25. The van der Waals surface area contributed by atoms with Crippen LogP contribution in [0.5, 0.6) is 0 Å². The Labute approximate surface area is 204 Å². The predicted molar refractivity (Wildman–Crippen MR) is 134 cm³/mol.